The predicted octanol–water partition coefficient (Wildman–Crippen LogP) is 3.91. The standard InChI is InChI=1S/C17H17FN4O2S/c1-4-5-6-15(24-3)13(8-18)12-7-11(2)19-9-14(12)16(23)21-17-22-20-10-25-17/h4-10H,1-3H3,(H,21,22,23)/b5-4-,13-8?,15-6+. The molecule has 2 aromatic heterocycles. The fourth-order valence-electron chi connectivity index (χ4n) is 2.05. The van der Waals surface area contributed by atoms with Gasteiger partial charge in [-0.1, -0.05) is 23.5 Å². The second-order valence-corrected chi connectivity index (χ2v) is 5.69. The van der Waals surface area contributed by atoms with Gasteiger partial charge in [0.05, 0.1) is 24.6 Å². The van der Waals surface area contributed by atoms with Crippen LogP contribution in [0.2, 0.25) is 0 Å². The normalized spacial score (nSPS) is 12.5. The number of nitrogens with zero attached hydrogens (tertiary/aromatic N) is 3. The second-order valence-electron chi connectivity index (χ2n) is 4.85. The Bertz CT molecular complexity index is 829. The lowest BCUT2D eigenvalue weighted by Crippen LogP contribution is -2.15. The highest BCUT2D eigenvalue weighted by atomic mass is 32.1. The van der Waals surface area contributed by atoms with Crippen LogP contribution in [-0.4, -0.2) is 28.2 Å². The highest BCUT2D eigenvalue weighted by molar-refractivity contribution is 7.13. The molecule has 0 spiro atoms. The van der Waals surface area contributed by atoms with Gasteiger partial charge in [-0.05, 0) is 26.0 Å². The van der Waals surface area contributed by atoms with Crippen molar-refractivity contribution in [1.29, 1.82) is 0 Å². The van der Waals surface area contributed by atoms with Gasteiger partial charge >= 0.3 is 0 Å². The molecule has 2 aromatic rings. The molecule has 0 radical (unpaired) electrons. The van der Waals surface area contributed by atoms with Crippen LogP contribution < -0.4 is 5.32 Å². The van der Waals surface area contributed by atoms with Gasteiger partial charge in [0.2, 0.25) is 5.13 Å². The molecule has 1 N–H and O–H groups in total. The lowest BCUT2D eigenvalue weighted by molar-refractivity contribution is 0.102. The Labute approximate surface area is 148 Å². The number of carbonyl (C=O) groups is 1. The van der Waals surface area contributed by atoms with Gasteiger partial charge in [-0.25, -0.2) is 4.39 Å². The maximum absolute atomic E-state index is 13.7. The number of allylic oxidation sites excluding steroid dienone is 4. The zero-order valence-corrected chi connectivity index (χ0v) is 14.8. The first-order valence-corrected chi connectivity index (χ1v) is 8.21. The summed E-state index contributed by atoms with van der Waals surface area (Å²) in [5.74, 6) is -0.170. The Hall–Kier alpha value is -2.87. The lowest BCUT2D eigenvalue weighted by Gasteiger charge is -2.14. The Kier molecular flexibility index (Phi) is 6.53. The zero-order valence-electron chi connectivity index (χ0n) is 14.0. The minimum absolute atomic E-state index is 0.147. The first kappa shape index (κ1) is 18.5. The molecule has 0 atom stereocenters. The van der Waals surface area contributed by atoms with E-state index in [1.165, 1.54) is 30.2 Å². The molecule has 2 rings (SSSR count). The number of amides is 1. The van der Waals surface area contributed by atoms with E-state index in [1.54, 1.807) is 31.2 Å². The number of hydrogen-bond acceptors (Lipinski definition) is 6. The van der Waals surface area contributed by atoms with Gasteiger partial charge in [0.1, 0.15) is 11.3 Å². The van der Waals surface area contributed by atoms with Crippen molar-refractivity contribution in [3.05, 3.63) is 64.9 Å². The fraction of sp³-hybridized carbons (Fsp3) is 0.176. The Morgan fingerprint density at radius 2 is 2.20 bits per heavy atom. The number of anilines is 1. The van der Waals surface area contributed by atoms with E-state index < -0.39 is 5.91 Å². The predicted molar refractivity (Wildman–Crippen MR) is 95.8 cm³/mol. The number of halogens is 1. The van der Waals surface area contributed by atoms with Crippen LogP contribution in [0, 0.1) is 6.92 Å². The summed E-state index contributed by atoms with van der Waals surface area (Å²) in [6, 6.07) is 1.63. The molecule has 0 saturated carbocycles. The molecule has 0 aliphatic heterocycles. The largest absolute Gasteiger partial charge is 0.496 e. The van der Waals surface area contributed by atoms with Crippen molar-refractivity contribution in [1.82, 2.24) is 15.2 Å². The maximum Gasteiger partial charge on any atom is 0.259 e. The topological polar surface area (TPSA) is 77.0 Å². The maximum atomic E-state index is 13.7. The molecule has 0 bridgehead atoms. The van der Waals surface area contributed by atoms with Gasteiger partial charge in [0.25, 0.3) is 5.91 Å². The van der Waals surface area contributed by atoms with Gasteiger partial charge in [-0.2, -0.15) is 0 Å². The minimum Gasteiger partial charge on any atom is -0.496 e. The molecule has 0 unspecified atom stereocenters. The summed E-state index contributed by atoms with van der Waals surface area (Å²) >= 11 is 1.18. The van der Waals surface area contributed by atoms with E-state index in [0.717, 1.165) is 0 Å². The smallest absolute Gasteiger partial charge is 0.259 e. The van der Waals surface area contributed by atoms with Crippen LogP contribution in [0.3, 0.4) is 0 Å². The number of carbonyl (C=O) groups excluding carboxylic acids is 1. The summed E-state index contributed by atoms with van der Waals surface area (Å²) in [5.41, 5.74) is 2.86. The van der Waals surface area contributed by atoms with Gasteiger partial charge < -0.3 is 4.74 Å². The quantitative estimate of drug-likeness (QED) is 0.624. The minimum atomic E-state index is -0.458. The second kappa shape index (κ2) is 8.84. The zero-order chi connectivity index (χ0) is 18.2. The lowest BCUT2D eigenvalue weighted by atomic mass is 9.99. The number of nitrogens with one attached hydrogen (secondary N) is 1. The van der Waals surface area contributed by atoms with Crippen LogP contribution in [0.25, 0.3) is 5.57 Å². The summed E-state index contributed by atoms with van der Waals surface area (Å²) in [7, 11) is 1.44. The molecule has 0 aromatic carbocycles. The molecule has 8 heteroatoms. The first-order valence-electron chi connectivity index (χ1n) is 7.33. The molecule has 0 fully saturated rings. The van der Waals surface area contributed by atoms with Crippen molar-refractivity contribution < 1.29 is 13.9 Å². The first-order chi connectivity index (χ1) is 12.1. The number of pyridine rings is 1. The Balaban J connectivity index is 2.48. The number of methoxy groups -OCH3 is 1. The highest BCUT2D eigenvalue weighted by Gasteiger charge is 2.19. The van der Waals surface area contributed by atoms with E-state index in [2.05, 4.69) is 20.5 Å². The van der Waals surface area contributed by atoms with Crippen LogP contribution in [0.4, 0.5) is 9.52 Å². The van der Waals surface area contributed by atoms with E-state index in [1.807, 2.05) is 6.92 Å². The highest BCUT2D eigenvalue weighted by Crippen LogP contribution is 2.28. The summed E-state index contributed by atoms with van der Waals surface area (Å²) in [5, 5.41) is 10.4. The molecule has 130 valence electrons. The summed E-state index contributed by atoms with van der Waals surface area (Å²) < 4.78 is 19.0. The van der Waals surface area contributed by atoms with Gasteiger partial charge in [0, 0.05) is 17.5 Å². The fourth-order valence-corrected chi connectivity index (χ4v) is 2.49. The van der Waals surface area contributed by atoms with Crippen molar-refractivity contribution in [2.24, 2.45) is 0 Å². The molecule has 1 amide bonds. The van der Waals surface area contributed by atoms with Crippen LogP contribution in [0.15, 0.2) is 48.1 Å². The van der Waals surface area contributed by atoms with E-state index >= 15 is 0 Å². The number of rotatable bonds is 6. The summed E-state index contributed by atoms with van der Waals surface area (Å²) in [6.45, 7) is 3.59. The van der Waals surface area contributed by atoms with Crippen LogP contribution in [0.1, 0.15) is 28.5 Å². The van der Waals surface area contributed by atoms with E-state index in [4.69, 9.17) is 4.74 Å². The molecule has 2 heterocycles. The molecule has 0 aliphatic carbocycles. The van der Waals surface area contributed by atoms with Crippen LogP contribution in [-0.2, 0) is 4.74 Å². The summed E-state index contributed by atoms with van der Waals surface area (Å²) in [6.07, 6.45) is 6.93. The number of aromatic nitrogens is 3. The van der Waals surface area contributed by atoms with Gasteiger partial charge in [0.15, 0.2) is 0 Å². The van der Waals surface area contributed by atoms with Gasteiger partial charge in [-0.15, -0.1) is 10.2 Å². The third-order valence-electron chi connectivity index (χ3n) is 3.19. The van der Waals surface area contributed by atoms with E-state index in [0.29, 0.717) is 22.7 Å². The third-order valence-corrected chi connectivity index (χ3v) is 3.80. The number of aryl methyl sites for hydroxylation is 1. The number of ether oxygens (including phenoxy) is 1. The molecular formula is C17H17FN4O2S. The van der Waals surface area contributed by atoms with Crippen molar-refractivity contribution >= 4 is 27.9 Å². The molecular weight excluding hydrogens is 343 g/mol. The van der Waals surface area contributed by atoms with E-state index in [9.17, 15) is 9.18 Å². The van der Waals surface area contributed by atoms with Gasteiger partial charge in [-0.3, -0.25) is 15.1 Å². The molecule has 0 aliphatic rings. The average Bonchev–Trinajstić information content (AvgIpc) is 3.11. The third kappa shape index (κ3) is 4.57. The van der Waals surface area contributed by atoms with Crippen molar-refractivity contribution in [3.63, 3.8) is 0 Å². The Morgan fingerprint density at radius 3 is 2.80 bits per heavy atom. The van der Waals surface area contributed by atoms with E-state index in [-0.39, 0.29) is 16.9 Å². The summed E-state index contributed by atoms with van der Waals surface area (Å²) in [4.78, 5) is 16.7. The van der Waals surface area contributed by atoms with Crippen molar-refractivity contribution in [2.45, 2.75) is 13.8 Å². The monoisotopic (exact) mass is 360 g/mol. The molecule has 6 nitrogen and oxygen atoms in total. The van der Waals surface area contributed by atoms with Crippen molar-refractivity contribution in [2.75, 3.05) is 12.4 Å². The van der Waals surface area contributed by atoms with Crippen molar-refractivity contribution in [3.8, 4) is 0 Å². The number of hydrogen-bond donors (Lipinski definition) is 1. The van der Waals surface area contributed by atoms with Crippen LogP contribution in [0.5, 0.6) is 0 Å². The average molecular weight is 360 g/mol. The molecule has 25 heavy (non-hydrogen) atoms. The van der Waals surface area contributed by atoms with Crippen LogP contribution >= 0.6 is 11.3 Å². The molecule has 0 saturated heterocycles. The SMILES string of the molecule is C/C=C\C=C(\OC)C(=CF)c1cc(C)ncc1C(=O)Nc1nncs1. The Morgan fingerprint density at radius 1 is 1.40 bits per heavy atom.